The average molecular weight is 325 g/mol. The molecule has 0 bridgehead atoms. The van der Waals surface area contributed by atoms with Crippen LogP contribution in [0.25, 0.3) is 0 Å². The molecule has 2 N–H and O–H groups in total. The molecule has 6 heteroatoms. The van der Waals surface area contributed by atoms with E-state index >= 15 is 0 Å². The summed E-state index contributed by atoms with van der Waals surface area (Å²) in [7, 11) is 0. The minimum absolute atomic E-state index is 0.280. The Morgan fingerprint density at radius 3 is 2.36 bits per heavy atom. The van der Waals surface area contributed by atoms with Crippen molar-refractivity contribution < 1.29 is 19.4 Å². The Morgan fingerprint density at radius 2 is 1.86 bits per heavy atom. The smallest absolute Gasteiger partial charge is 0.408 e. The summed E-state index contributed by atoms with van der Waals surface area (Å²) in [5.41, 5.74) is 1.66. The Bertz CT molecular complexity index is 508. The maximum absolute atomic E-state index is 11.6. The highest BCUT2D eigenvalue weighted by Crippen LogP contribution is 2.14. The molecular formula is C16H23NO4S. The van der Waals surface area contributed by atoms with Gasteiger partial charge in [-0.05, 0) is 33.3 Å². The first-order chi connectivity index (χ1) is 10.2. The van der Waals surface area contributed by atoms with Crippen molar-refractivity contribution in [2.24, 2.45) is 0 Å². The molecule has 22 heavy (non-hydrogen) atoms. The second kappa shape index (κ2) is 8.08. The average Bonchev–Trinajstić information content (AvgIpc) is 2.37. The number of aliphatic carboxylic acids is 1. The molecule has 0 saturated carbocycles. The van der Waals surface area contributed by atoms with Crippen LogP contribution in [-0.4, -0.2) is 34.6 Å². The van der Waals surface area contributed by atoms with Crippen LogP contribution in [-0.2, 0) is 15.3 Å². The number of hydrogen-bond acceptors (Lipinski definition) is 4. The lowest BCUT2D eigenvalue weighted by atomic mass is 10.2. The van der Waals surface area contributed by atoms with Crippen LogP contribution in [0.2, 0.25) is 0 Å². The largest absolute Gasteiger partial charge is 0.480 e. The second-order valence-electron chi connectivity index (χ2n) is 6.04. The summed E-state index contributed by atoms with van der Waals surface area (Å²) in [6.45, 7) is 7.21. The van der Waals surface area contributed by atoms with Gasteiger partial charge in [-0.3, -0.25) is 0 Å². The minimum atomic E-state index is -1.07. The maximum atomic E-state index is 11.6. The molecule has 0 aliphatic rings. The summed E-state index contributed by atoms with van der Waals surface area (Å²) in [6.07, 6.45) is -0.712. The number of carbonyl (C=O) groups is 2. The standard InChI is InChI=1S/C16H23NO4S/c1-11-5-7-12(8-6-11)9-22-10-13(14(18)19)17-15(20)21-16(2,3)4/h5-8,13H,9-10H2,1-4H3,(H,17,20)(H,18,19)/t13-/m1/s1. The van der Waals surface area contributed by atoms with Gasteiger partial charge in [0.25, 0.3) is 0 Å². The molecule has 1 atom stereocenters. The van der Waals surface area contributed by atoms with Crippen LogP contribution in [0.3, 0.4) is 0 Å². The van der Waals surface area contributed by atoms with Crippen molar-refractivity contribution in [1.82, 2.24) is 5.32 Å². The van der Waals surface area contributed by atoms with Gasteiger partial charge in [0.15, 0.2) is 0 Å². The van der Waals surface area contributed by atoms with E-state index in [1.807, 2.05) is 31.2 Å². The van der Waals surface area contributed by atoms with Gasteiger partial charge in [-0.25, -0.2) is 9.59 Å². The number of rotatable bonds is 6. The molecule has 1 aromatic rings. The number of nitrogens with one attached hydrogen (secondary N) is 1. The third-order valence-electron chi connectivity index (χ3n) is 2.66. The Hall–Kier alpha value is -1.69. The normalized spacial score (nSPS) is 12.5. The first-order valence-corrected chi connectivity index (χ1v) is 8.18. The number of aryl methyl sites for hydroxylation is 1. The van der Waals surface area contributed by atoms with Gasteiger partial charge < -0.3 is 15.2 Å². The number of benzene rings is 1. The zero-order chi connectivity index (χ0) is 16.8. The predicted molar refractivity (Wildman–Crippen MR) is 88.1 cm³/mol. The number of alkyl carbamates (subject to hydrolysis) is 1. The van der Waals surface area contributed by atoms with Crippen LogP contribution in [0.5, 0.6) is 0 Å². The number of carbonyl (C=O) groups excluding carboxylic acids is 1. The number of ether oxygens (including phenoxy) is 1. The van der Waals surface area contributed by atoms with Crippen molar-refractivity contribution in [3.05, 3.63) is 35.4 Å². The van der Waals surface area contributed by atoms with Gasteiger partial charge >= 0.3 is 12.1 Å². The number of hydrogen-bond donors (Lipinski definition) is 2. The van der Waals surface area contributed by atoms with E-state index in [4.69, 9.17) is 4.74 Å². The molecule has 0 saturated heterocycles. The van der Waals surface area contributed by atoms with E-state index in [-0.39, 0.29) is 5.75 Å². The number of amides is 1. The molecule has 0 heterocycles. The van der Waals surface area contributed by atoms with E-state index in [0.29, 0.717) is 5.75 Å². The molecule has 1 rings (SSSR count). The van der Waals surface area contributed by atoms with E-state index in [2.05, 4.69) is 5.32 Å². The number of carboxylic acids is 1. The summed E-state index contributed by atoms with van der Waals surface area (Å²) >= 11 is 1.46. The highest BCUT2D eigenvalue weighted by molar-refractivity contribution is 7.98. The lowest BCUT2D eigenvalue weighted by molar-refractivity contribution is -0.138. The molecule has 0 radical (unpaired) electrons. The van der Waals surface area contributed by atoms with Crippen LogP contribution < -0.4 is 5.32 Å². The van der Waals surface area contributed by atoms with Crippen molar-refractivity contribution in [2.75, 3.05) is 5.75 Å². The van der Waals surface area contributed by atoms with Crippen LogP contribution >= 0.6 is 11.8 Å². The zero-order valence-corrected chi connectivity index (χ0v) is 14.2. The molecule has 0 aliphatic heterocycles. The van der Waals surface area contributed by atoms with Gasteiger partial charge in [-0.1, -0.05) is 29.8 Å². The molecular weight excluding hydrogens is 302 g/mol. The monoisotopic (exact) mass is 325 g/mol. The fourth-order valence-corrected chi connectivity index (χ4v) is 2.61. The topological polar surface area (TPSA) is 75.6 Å². The fourth-order valence-electron chi connectivity index (χ4n) is 1.60. The molecule has 1 amide bonds. The highest BCUT2D eigenvalue weighted by atomic mass is 32.2. The number of thioether (sulfide) groups is 1. The van der Waals surface area contributed by atoms with E-state index in [1.54, 1.807) is 20.8 Å². The van der Waals surface area contributed by atoms with Crippen molar-refractivity contribution in [1.29, 1.82) is 0 Å². The first kappa shape index (κ1) is 18.4. The van der Waals surface area contributed by atoms with Crippen molar-refractivity contribution in [3.63, 3.8) is 0 Å². The quantitative estimate of drug-likeness (QED) is 0.840. The fraction of sp³-hybridized carbons (Fsp3) is 0.500. The highest BCUT2D eigenvalue weighted by Gasteiger charge is 2.23. The van der Waals surface area contributed by atoms with E-state index in [9.17, 15) is 14.7 Å². The van der Waals surface area contributed by atoms with E-state index in [0.717, 1.165) is 5.56 Å². The van der Waals surface area contributed by atoms with Gasteiger partial charge in [-0.2, -0.15) is 11.8 Å². The zero-order valence-electron chi connectivity index (χ0n) is 13.4. The summed E-state index contributed by atoms with van der Waals surface area (Å²) in [4.78, 5) is 22.8. The molecule has 5 nitrogen and oxygen atoms in total. The third kappa shape index (κ3) is 7.36. The molecule has 0 aliphatic carbocycles. The summed E-state index contributed by atoms with van der Waals surface area (Å²) in [5, 5.41) is 11.6. The van der Waals surface area contributed by atoms with Gasteiger partial charge in [0.2, 0.25) is 0 Å². The maximum Gasteiger partial charge on any atom is 0.408 e. The van der Waals surface area contributed by atoms with Crippen molar-refractivity contribution in [2.45, 2.75) is 45.1 Å². The molecule has 0 fully saturated rings. The Labute approximate surface area is 135 Å². The Balaban J connectivity index is 2.46. The molecule has 0 aromatic heterocycles. The third-order valence-corrected chi connectivity index (χ3v) is 3.77. The van der Waals surface area contributed by atoms with Gasteiger partial charge in [0.05, 0.1) is 0 Å². The minimum Gasteiger partial charge on any atom is -0.480 e. The first-order valence-electron chi connectivity index (χ1n) is 7.03. The van der Waals surface area contributed by atoms with Gasteiger partial charge in [0.1, 0.15) is 11.6 Å². The van der Waals surface area contributed by atoms with Crippen LogP contribution in [0, 0.1) is 6.92 Å². The lowest BCUT2D eigenvalue weighted by Gasteiger charge is -2.21. The molecule has 122 valence electrons. The van der Waals surface area contributed by atoms with Gasteiger partial charge in [0, 0.05) is 11.5 Å². The van der Waals surface area contributed by atoms with Crippen molar-refractivity contribution in [3.8, 4) is 0 Å². The molecule has 1 aromatic carbocycles. The van der Waals surface area contributed by atoms with Crippen LogP contribution in [0.15, 0.2) is 24.3 Å². The summed E-state index contributed by atoms with van der Waals surface area (Å²) in [5.74, 6) is -0.0926. The lowest BCUT2D eigenvalue weighted by Crippen LogP contribution is -2.44. The van der Waals surface area contributed by atoms with Crippen LogP contribution in [0.4, 0.5) is 4.79 Å². The second-order valence-corrected chi connectivity index (χ2v) is 7.07. The SMILES string of the molecule is Cc1ccc(CSC[C@@H](NC(=O)OC(C)(C)C)C(=O)O)cc1. The predicted octanol–water partition coefficient (Wildman–Crippen LogP) is 3.21. The van der Waals surface area contributed by atoms with Crippen molar-refractivity contribution >= 4 is 23.8 Å². The van der Waals surface area contributed by atoms with E-state index in [1.165, 1.54) is 17.3 Å². The molecule has 0 spiro atoms. The summed E-state index contributed by atoms with van der Waals surface area (Å²) in [6, 6.07) is 7.09. The Kier molecular flexibility index (Phi) is 6.74. The van der Waals surface area contributed by atoms with Gasteiger partial charge in [-0.15, -0.1) is 0 Å². The van der Waals surface area contributed by atoms with Crippen LogP contribution in [0.1, 0.15) is 31.9 Å². The Morgan fingerprint density at radius 1 is 1.27 bits per heavy atom. The number of carboxylic acid groups (broad SMARTS) is 1. The van der Waals surface area contributed by atoms with E-state index < -0.39 is 23.7 Å². The molecule has 0 unspecified atom stereocenters. The summed E-state index contributed by atoms with van der Waals surface area (Å²) < 4.78 is 5.07.